The second-order valence-corrected chi connectivity index (χ2v) is 10.5. The second kappa shape index (κ2) is 20.4. The van der Waals surface area contributed by atoms with E-state index >= 15 is 0 Å². The summed E-state index contributed by atoms with van der Waals surface area (Å²) in [7, 11) is 1.21. The third-order valence-corrected chi connectivity index (χ3v) is 6.49. The Bertz CT molecular complexity index is 950. The summed E-state index contributed by atoms with van der Waals surface area (Å²) in [6, 6.07) is 7.41. The summed E-state index contributed by atoms with van der Waals surface area (Å²) in [4.78, 5) is 64.8. The van der Waals surface area contributed by atoms with E-state index in [0.717, 1.165) is 44.5 Å². The molecule has 41 heavy (non-hydrogen) atoms. The SMILES string of the molecule is CCCN(CCC)CCCC[C@H](NC(=O)[C@@H](NC(=O)OC)C(C)C)C(=O)NCC(=O)NCC(=O)Cc1ccccc1. The zero-order chi connectivity index (χ0) is 30.6. The molecule has 0 saturated heterocycles. The number of nitrogens with zero attached hydrogens (tertiary/aromatic N) is 1. The Balaban J connectivity index is 2.73. The maximum Gasteiger partial charge on any atom is 0.407 e. The smallest absolute Gasteiger partial charge is 0.407 e. The molecule has 230 valence electrons. The number of hydrogen-bond acceptors (Lipinski definition) is 7. The number of carbonyl (C=O) groups excluding carboxylic acids is 5. The number of unbranched alkanes of at least 4 members (excludes halogenated alkanes) is 1. The molecule has 0 aromatic heterocycles. The van der Waals surface area contributed by atoms with Crippen molar-refractivity contribution in [3.63, 3.8) is 0 Å². The average molecular weight is 576 g/mol. The van der Waals surface area contributed by atoms with Gasteiger partial charge < -0.3 is 30.9 Å². The van der Waals surface area contributed by atoms with Crippen LogP contribution in [0.25, 0.3) is 0 Å². The van der Waals surface area contributed by atoms with E-state index in [0.29, 0.717) is 12.8 Å². The van der Waals surface area contributed by atoms with Crippen LogP contribution in [0, 0.1) is 5.92 Å². The fourth-order valence-corrected chi connectivity index (χ4v) is 4.34. The van der Waals surface area contributed by atoms with Crippen LogP contribution in [-0.2, 0) is 30.3 Å². The molecule has 0 radical (unpaired) electrons. The first-order chi connectivity index (χ1) is 19.6. The summed E-state index contributed by atoms with van der Waals surface area (Å²) in [5.74, 6) is -1.94. The highest BCUT2D eigenvalue weighted by molar-refractivity contribution is 5.93. The molecule has 1 aromatic rings. The number of ketones is 1. The molecule has 2 atom stereocenters. The van der Waals surface area contributed by atoms with Crippen molar-refractivity contribution >= 4 is 29.6 Å². The van der Waals surface area contributed by atoms with E-state index in [4.69, 9.17) is 0 Å². The van der Waals surface area contributed by atoms with E-state index in [-0.39, 0.29) is 31.2 Å². The van der Waals surface area contributed by atoms with E-state index in [9.17, 15) is 24.0 Å². The van der Waals surface area contributed by atoms with Gasteiger partial charge in [0, 0.05) is 6.42 Å². The molecule has 0 saturated carbocycles. The number of rotatable bonds is 20. The van der Waals surface area contributed by atoms with Crippen LogP contribution in [0.1, 0.15) is 65.4 Å². The van der Waals surface area contributed by atoms with E-state index in [1.54, 1.807) is 13.8 Å². The van der Waals surface area contributed by atoms with Gasteiger partial charge in [0.05, 0.1) is 20.2 Å². The molecule has 4 N–H and O–H groups in total. The first-order valence-electron chi connectivity index (χ1n) is 14.6. The minimum atomic E-state index is -0.902. The summed E-state index contributed by atoms with van der Waals surface area (Å²) in [6.07, 6.45) is 3.47. The summed E-state index contributed by atoms with van der Waals surface area (Å²) in [5, 5.41) is 10.4. The van der Waals surface area contributed by atoms with Crippen LogP contribution in [0.5, 0.6) is 0 Å². The predicted molar refractivity (Wildman–Crippen MR) is 158 cm³/mol. The highest BCUT2D eigenvalue weighted by Crippen LogP contribution is 2.08. The molecule has 0 aliphatic carbocycles. The molecular formula is C30H49N5O6. The maximum atomic E-state index is 13.1. The largest absolute Gasteiger partial charge is 0.453 e. The lowest BCUT2D eigenvalue weighted by Gasteiger charge is -2.25. The second-order valence-electron chi connectivity index (χ2n) is 10.5. The van der Waals surface area contributed by atoms with Crippen LogP contribution in [0.4, 0.5) is 4.79 Å². The molecule has 0 spiro atoms. The van der Waals surface area contributed by atoms with Gasteiger partial charge >= 0.3 is 6.09 Å². The third-order valence-electron chi connectivity index (χ3n) is 6.49. The maximum absolute atomic E-state index is 13.1. The molecule has 0 bridgehead atoms. The summed E-state index contributed by atoms with van der Waals surface area (Å²) >= 11 is 0. The number of methoxy groups -OCH3 is 1. The number of alkyl carbamates (subject to hydrolysis) is 1. The minimum absolute atomic E-state index is 0.148. The van der Waals surface area contributed by atoms with Crippen molar-refractivity contribution in [2.24, 2.45) is 5.92 Å². The first-order valence-corrected chi connectivity index (χ1v) is 14.6. The van der Waals surface area contributed by atoms with Crippen molar-refractivity contribution in [2.45, 2.75) is 78.3 Å². The number of carbonyl (C=O) groups is 5. The van der Waals surface area contributed by atoms with Gasteiger partial charge in [-0.3, -0.25) is 19.2 Å². The summed E-state index contributed by atoms with van der Waals surface area (Å²) in [6.45, 7) is 10.2. The van der Waals surface area contributed by atoms with Gasteiger partial charge in [0.15, 0.2) is 5.78 Å². The summed E-state index contributed by atoms with van der Waals surface area (Å²) < 4.78 is 4.63. The molecule has 1 rings (SSSR count). The van der Waals surface area contributed by atoms with Gasteiger partial charge in [-0.05, 0) is 63.2 Å². The number of hydrogen-bond donors (Lipinski definition) is 4. The Morgan fingerprint density at radius 1 is 0.829 bits per heavy atom. The molecular weight excluding hydrogens is 526 g/mol. The predicted octanol–water partition coefficient (Wildman–Crippen LogP) is 2.19. The highest BCUT2D eigenvalue weighted by Gasteiger charge is 2.29. The Hall–Kier alpha value is -3.47. The lowest BCUT2D eigenvalue weighted by atomic mass is 10.0. The van der Waals surface area contributed by atoms with Gasteiger partial charge in [0.2, 0.25) is 17.7 Å². The molecule has 11 heteroatoms. The number of nitrogens with one attached hydrogen (secondary N) is 4. The Labute approximate surface area is 244 Å². The van der Waals surface area contributed by atoms with Crippen LogP contribution >= 0.6 is 0 Å². The number of ether oxygens (including phenoxy) is 1. The van der Waals surface area contributed by atoms with Crippen LogP contribution in [0.2, 0.25) is 0 Å². The van der Waals surface area contributed by atoms with Gasteiger partial charge in [-0.15, -0.1) is 0 Å². The molecule has 11 nitrogen and oxygen atoms in total. The van der Waals surface area contributed by atoms with Gasteiger partial charge in [0.25, 0.3) is 0 Å². The quantitative estimate of drug-likeness (QED) is 0.174. The van der Waals surface area contributed by atoms with E-state index in [1.165, 1.54) is 7.11 Å². The lowest BCUT2D eigenvalue weighted by Crippen LogP contribution is -2.56. The van der Waals surface area contributed by atoms with Crippen molar-refractivity contribution in [2.75, 3.05) is 39.8 Å². The van der Waals surface area contributed by atoms with Crippen LogP contribution in [0.15, 0.2) is 30.3 Å². The van der Waals surface area contributed by atoms with Crippen LogP contribution in [-0.4, -0.2) is 86.4 Å². The van der Waals surface area contributed by atoms with Crippen molar-refractivity contribution in [1.29, 1.82) is 0 Å². The molecule has 0 unspecified atom stereocenters. The van der Waals surface area contributed by atoms with Crippen LogP contribution < -0.4 is 21.3 Å². The topological polar surface area (TPSA) is 146 Å². The fraction of sp³-hybridized carbons (Fsp3) is 0.633. The van der Waals surface area contributed by atoms with Crippen molar-refractivity contribution in [3.05, 3.63) is 35.9 Å². The lowest BCUT2D eigenvalue weighted by molar-refractivity contribution is -0.131. The Morgan fingerprint density at radius 3 is 2.07 bits per heavy atom. The fourth-order valence-electron chi connectivity index (χ4n) is 4.34. The number of Topliss-reactive ketones (excluding diaryl/α,β-unsaturated/α-hetero) is 1. The number of benzene rings is 1. The first kappa shape index (κ1) is 35.6. The normalized spacial score (nSPS) is 12.4. The van der Waals surface area contributed by atoms with Gasteiger partial charge in [0.1, 0.15) is 12.1 Å². The zero-order valence-electron chi connectivity index (χ0n) is 25.3. The van der Waals surface area contributed by atoms with Crippen molar-refractivity contribution in [1.82, 2.24) is 26.2 Å². The summed E-state index contributed by atoms with van der Waals surface area (Å²) in [5.41, 5.74) is 0.854. The van der Waals surface area contributed by atoms with Crippen LogP contribution in [0.3, 0.4) is 0 Å². The monoisotopic (exact) mass is 575 g/mol. The van der Waals surface area contributed by atoms with Gasteiger partial charge in [-0.1, -0.05) is 58.0 Å². The Kier molecular flexibility index (Phi) is 17.7. The molecule has 0 aliphatic heterocycles. The van der Waals surface area contributed by atoms with E-state index < -0.39 is 35.9 Å². The number of amides is 4. The molecule has 0 heterocycles. The van der Waals surface area contributed by atoms with E-state index in [1.807, 2.05) is 30.3 Å². The minimum Gasteiger partial charge on any atom is -0.453 e. The van der Waals surface area contributed by atoms with E-state index in [2.05, 4.69) is 44.8 Å². The van der Waals surface area contributed by atoms with Crippen molar-refractivity contribution in [3.8, 4) is 0 Å². The third kappa shape index (κ3) is 15.2. The van der Waals surface area contributed by atoms with Gasteiger partial charge in [-0.25, -0.2) is 4.79 Å². The zero-order valence-corrected chi connectivity index (χ0v) is 25.3. The highest BCUT2D eigenvalue weighted by atomic mass is 16.5. The van der Waals surface area contributed by atoms with Crippen molar-refractivity contribution < 1.29 is 28.7 Å². The molecule has 0 fully saturated rings. The molecule has 0 aliphatic rings. The Morgan fingerprint density at radius 2 is 1.49 bits per heavy atom. The molecule has 1 aromatic carbocycles. The molecule has 4 amide bonds. The van der Waals surface area contributed by atoms with Gasteiger partial charge in [-0.2, -0.15) is 0 Å². The average Bonchev–Trinajstić information content (AvgIpc) is 2.95. The standard InChI is InChI=1S/C30H49N5O6/c1-6-16-35(17-7-2)18-12-11-15-25(33-29(39)27(22(3)4)34-30(40)41-5)28(38)32-21-26(37)31-20-24(36)19-23-13-9-8-10-14-23/h8-10,13-14,22,25,27H,6-7,11-12,15-21H2,1-5H3,(H,31,37)(H,32,38)(H,33,39)(H,34,40)/t25-,27-/m0/s1.